The topological polar surface area (TPSA) is 37.8 Å². The van der Waals surface area contributed by atoms with Crippen molar-refractivity contribution in [3.05, 3.63) is 44.8 Å². The SMILES string of the molecule is CCCc1nc(Cl)c(C)c(Nc2ccc(Cl)c(Cl)c2)n1. The van der Waals surface area contributed by atoms with E-state index in [9.17, 15) is 0 Å². The summed E-state index contributed by atoms with van der Waals surface area (Å²) >= 11 is 18.0. The lowest BCUT2D eigenvalue weighted by molar-refractivity contribution is 0.833. The van der Waals surface area contributed by atoms with Gasteiger partial charge in [-0.15, -0.1) is 0 Å². The molecule has 1 aromatic heterocycles. The molecule has 0 unspecified atom stereocenters. The first kappa shape index (κ1) is 15.4. The van der Waals surface area contributed by atoms with Gasteiger partial charge in [0.05, 0.1) is 10.0 Å². The van der Waals surface area contributed by atoms with Crippen LogP contribution in [0.15, 0.2) is 18.2 Å². The van der Waals surface area contributed by atoms with Crippen molar-refractivity contribution in [1.29, 1.82) is 0 Å². The fourth-order valence-electron chi connectivity index (χ4n) is 1.70. The smallest absolute Gasteiger partial charge is 0.138 e. The van der Waals surface area contributed by atoms with Crippen LogP contribution in [0.5, 0.6) is 0 Å². The third kappa shape index (κ3) is 3.54. The van der Waals surface area contributed by atoms with Crippen LogP contribution in [0, 0.1) is 6.92 Å². The lowest BCUT2D eigenvalue weighted by Crippen LogP contribution is -2.03. The zero-order chi connectivity index (χ0) is 14.7. The molecule has 1 N–H and O–H groups in total. The molecule has 0 saturated carbocycles. The Balaban J connectivity index is 2.34. The Bertz CT molecular complexity index is 629. The van der Waals surface area contributed by atoms with Gasteiger partial charge in [0.1, 0.15) is 16.8 Å². The summed E-state index contributed by atoms with van der Waals surface area (Å²) in [6.45, 7) is 3.95. The summed E-state index contributed by atoms with van der Waals surface area (Å²) in [5.41, 5.74) is 1.61. The van der Waals surface area contributed by atoms with E-state index in [1.165, 1.54) is 0 Å². The van der Waals surface area contributed by atoms with Crippen LogP contribution in [0.25, 0.3) is 0 Å². The van der Waals surface area contributed by atoms with Gasteiger partial charge in [-0.3, -0.25) is 0 Å². The molecule has 0 radical (unpaired) electrons. The van der Waals surface area contributed by atoms with Crippen molar-refractivity contribution in [2.75, 3.05) is 5.32 Å². The van der Waals surface area contributed by atoms with Gasteiger partial charge in [0.2, 0.25) is 0 Å². The monoisotopic (exact) mass is 329 g/mol. The highest BCUT2D eigenvalue weighted by Gasteiger charge is 2.10. The third-order valence-electron chi connectivity index (χ3n) is 2.79. The van der Waals surface area contributed by atoms with Crippen molar-refractivity contribution < 1.29 is 0 Å². The second-order valence-corrected chi connectivity index (χ2v) is 5.58. The average Bonchev–Trinajstić information content (AvgIpc) is 2.40. The highest BCUT2D eigenvalue weighted by Crippen LogP contribution is 2.28. The van der Waals surface area contributed by atoms with Gasteiger partial charge in [0, 0.05) is 17.7 Å². The van der Waals surface area contributed by atoms with E-state index in [1.54, 1.807) is 12.1 Å². The van der Waals surface area contributed by atoms with E-state index in [4.69, 9.17) is 34.8 Å². The number of halogens is 3. The van der Waals surface area contributed by atoms with Gasteiger partial charge in [0.25, 0.3) is 0 Å². The number of anilines is 2. The Labute approximate surface area is 133 Å². The van der Waals surface area contributed by atoms with Crippen LogP contribution in [0.3, 0.4) is 0 Å². The van der Waals surface area contributed by atoms with E-state index >= 15 is 0 Å². The fraction of sp³-hybridized carbons (Fsp3) is 0.286. The number of hydrogen-bond donors (Lipinski definition) is 1. The molecule has 20 heavy (non-hydrogen) atoms. The first-order valence-electron chi connectivity index (χ1n) is 6.26. The molecule has 0 aliphatic rings. The van der Waals surface area contributed by atoms with Crippen LogP contribution >= 0.6 is 34.8 Å². The van der Waals surface area contributed by atoms with Gasteiger partial charge in [-0.05, 0) is 31.5 Å². The van der Waals surface area contributed by atoms with E-state index in [0.717, 1.165) is 29.9 Å². The zero-order valence-electron chi connectivity index (χ0n) is 11.2. The summed E-state index contributed by atoms with van der Waals surface area (Å²) in [4.78, 5) is 8.75. The van der Waals surface area contributed by atoms with Crippen LogP contribution in [-0.4, -0.2) is 9.97 Å². The minimum Gasteiger partial charge on any atom is -0.340 e. The van der Waals surface area contributed by atoms with Crippen molar-refractivity contribution >= 4 is 46.3 Å². The van der Waals surface area contributed by atoms with E-state index in [-0.39, 0.29) is 0 Å². The van der Waals surface area contributed by atoms with Gasteiger partial charge in [-0.25, -0.2) is 9.97 Å². The van der Waals surface area contributed by atoms with Crippen LogP contribution in [0.1, 0.15) is 24.7 Å². The summed E-state index contributed by atoms with van der Waals surface area (Å²) in [5, 5.41) is 4.67. The molecule has 0 spiro atoms. The molecular formula is C14H14Cl3N3. The maximum Gasteiger partial charge on any atom is 0.138 e. The molecule has 0 saturated heterocycles. The molecule has 3 nitrogen and oxygen atoms in total. The molecule has 0 fully saturated rings. The molecule has 1 heterocycles. The van der Waals surface area contributed by atoms with Crippen molar-refractivity contribution in [1.82, 2.24) is 9.97 Å². The number of nitrogens with zero attached hydrogens (tertiary/aromatic N) is 2. The molecule has 1 aromatic carbocycles. The Morgan fingerprint density at radius 1 is 1.10 bits per heavy atom. The molecule has 0 atom stereocenters. The van der Waals surface area contributed by atoms with E-state index in [0.29, 0.717) is 21.0 Å². The molecule has 6 heteroatoms. The minimum absolute atomic E-state index is 0.464. The lowest BCUT2D eigenvalue weighted by Gasteiger charge is -2.11. The van der Waals surface area contributed by atoms with Gasteiger partial charge >= 0.3 is 0 Å². The predicted octanol–water partition coefficient (Wildman–Crippen LogP) is 5.44. The quantitative estimate of drug-likeness (QED) is 0.758. The van der Waals surface area contributed by atoms with E-state index in [2.05, 4.69) is 22.2 Å². The second-order valence-electron chi connectivity index (χ2n) is 4.41. The Morgan fingerprint density at radius 2 is 1.85 bits per heavy atom. The maximum absolute atomic E-state index is 6.14. The molecular weight excluding hydrogens is 317 g/mol. The van der Waals surface area contributed by atoms with Crippen molar-refractivity contribution in [2.45, 2.75) is 26.7 Å². The normalized spacial score (nSPS) is 10.7. The molecule has 2 aromatic rings. The Morgan fingerprint density at radius 3 is 2.50 bits per heavy atom. The molecule has 0 bridgehead atoms. The molecule has 2 rings (SSSR count). The van der Waals surface area contributed by atoms with Crippen molar-refractivity contribution in [2.24, 2.45) is 0 Å². The second kappa shape index (κ2) is 6.61. The van der Waals surface area contributed by atoms with Gasteiger partial charge < -0.3 is 5.32 Å². The van der Waals surface area contributed by atoms with Crippen molar-refractivity contribution in [3.8, 4) is 0 Å². The number of aryl methyl sites for hydroxylation is 1. The summed E-state index contributed by atoms with van der Waals surface area (Å²) in [5.74, 6) is 1.41. The van der Waals surface area contributed by atoms with Crippen LogP contribution in [0.2, 0.25) is 15.2 Å². The number of rotatable bonds is 4. The summed E-state index contributed by atoms with van der Waals surface area (Å²) < 4.78 is 0. The highest BCUT2D eigenvalue weighted by molar-refractivity contribution is 6.42. The first-order valence-corrected chi connectivity index (χ1v) is 7.39. The summed E-state index contributed by atoms with van der Waals surface area (Å²) in [6, 6.07) is 5.32. The largest absolute Gasteiger partial charge is 0.340 e. The molecule has 0 aliphatic carbocycles. The zero-order valence-corrected chi connectivity index (χ0v) is 13.4. The number of benzene rings is 1. The summed E-state index contributed by atoms with van der Waals surface area (Å²) in [6.07, 6.45) is 1.75. The molecule has 0 aliphatic heterocycles. The van der Waals surface area contributed by atoms with E-state index < -0.39 is 0 Å². The van der Waals surface area contributed by atoms with Gasteiger partial charge in [0.15, 0.2) is 0 Å². The minimum atomic E-state index is 0.464. The Hall–Kier alpha value is -1.03. The molecule has 106 valence electrons. The lowest BCUT2D eigenvalue weighted by atomic mass is 10.2. The average molecular weight is 331 g/mol. The fourth-order valence-corrected chi connectivity index (χ4v) is 2.19. The molecule has 0 amide bonds. The third-order valence-corrected chi connectivity index (χ3v) is 3.90. The Kier molecular flexibility index (Phi) is 5.08. The number of aromatic nitrogens is 2. The first-order chi connectivity index (χ1) is 9.51. The van der Waals surface area contributed by atoms with Crippen LogP contribution < -0.4 is 5.32 Å². The number of nitrogens with one attached hydrogen (secondary N) is 1. The standard InChI is InChI=1S/C14H14Cl3N3/c1-3-4-12-19-13(17)8(2)14(20-12)18-9-5-6-10(15)11(16)7-9/h5-7H,3-4H2,1-2H3,(H,18,19,20). The summed E-state index contributed by atoms with van der Waals surface area (Å²) in [7, 11) is 0. The number of hydrogen-bond acceptors (Lipinski definition) is 3. The van der Waals surface area contributed by atoms with Crippen LogP contribution in [-0.2, 0) is 6.42 Å². The van der Waals surface area contributed by atoms with Gasteiger partial charge in [-0.2, -0.15) is 0 Å². The van der Waals surface area contributed by atoms with Crippen LogP contribution in [0.4, 0.5) is 11.5 Å². The van der Waals surface area contributed by atoms with E-state index in [1.807, 2.05) is 13.0 Å². The predicted molar refractivity (Wildman–Crippen MR) is 85.5 cm³/mol. The van der Waals surface area contributed by atoms with Crippen molar-refractivity contribution in [3.63, 3.8) is 0 Å². The van der Waals surface area contributed by atoms with Gasteiger partial charge in [-0.1, -0.05) is 41.7 Å². The maximum atomic E-state index is 6.14. The highest BCUT2D eigenvalue weighted by atomic mass is 35.5.